The van der Waals surface area contributed by atoms with Gasteiger partial charge in [0.25, 0.3) is 0 Å². The van der Waals surface area contributed by atoms with Gasteiger partial charge in [-0.15, -0.1) is 0 Å². The zero-order valence-corrected chi connectivity index (χ0v) is 28.6. The number of nitrogens with zero attached hydrogens (tertiary/aromatic N) is 4. The highest BCUT2D eigenvalue weighted by Gasteiger charge is 2.56. The van der Waals surface area contributed by atoms with Gasteiger partial charge in [-0.3, -0.25) is 9.36 Å². The van der Waals surface area contributed by atoms with Crippen molar-refractivity contribution in [3.05, 3.63) is 54.6 Å². The second kappa shape index (κ2) is 13.1. The number of hydrogen-bond donors (Lipinski definition) is 3. The van der Waals surface area contributed by atoms with Crippen molar-refractivity contribution in [3.63, 3.8) is 0 Å². The van der Waals surface area contributed by atoms with Crippen LogP contribution < -0.4 is 14.9 Å². The molecule has 0 radical (unpaired) electrons. The number of alkyl halides is 1. The van der Waals surface area contributed by atoms with E-state index in [0.717, 1.165) is 10.8 Å². The van der Waals surface area contributed by atoms with Gasteiger partial charge < -0.3 is 28.9 Å². The minimum atomic E-state index is -3.56. The molecule has 0 spiro atoms. The van der Waals surface area contributed by atoms with E-state index in [9.17, 15) is 9.90 Å². The summed E-state index contributed by atoms with van der Waals surface area (Å²) in [5.41, 5.74) is -1.74. The second-order valence-electron chi connectivity index (χ2n) is 12.7. The molecule has 1 fully saturated rings. The molecule has 0 saturated carbocycles. The Balaban J connectivity index is 1.40. The summed E-state index contributed by atoms with van der Waals surface area (Å²) >= 11 is 5.92. The van der Waals surface area contributed by atoms with Crippen LogP contribution in [0.1, 0.15) is 46.7 Å². The average molecular weight is 675 g/mol. The maximum atomic E-state index is 16.3. The number of carbonyl (C=O) groups is 1. The van der Waals surface area contributed by atoms with Gasteiger partial charge >= 0.3 is 12.6 Å². The standard InChI is InChI=1S/C31H40FN6O6PS/c1-18(28(40)41-16-30(3,4)5)37-45(46,44-22-14-10-12-20-11-8-9-13-21(20)22)42-15-23-25(39)31(6,32)29(43-23)38-17-34-24-26(33-7)35-19(2)36-27(24)38/h8-14,17-18,23,25,29,39H,15-16H2,1-7H3,(H,37,46)(H,33,35,36)/t18-,23-,25-,29-,31-,45?/m1/s1. The Morgan fingerprint density at radius 2 is 1.96 bits per heavy atom. The molecule has 2 aromatic heterocycles. The summed E-state index contributed by atoms with van der Waals surface area (Å²) in [7, 11) is 1.70. The van der Waals surface area contributed by atoms with E-state index in [2.05, 4.69) is 25.4 Å². The molecule has 6 atom stereocenters. The number of benzene rings is 2. The first-order valence-corrected chi connectivity index (χ1v) is 17.5. The Morgan fingerprint density at radius 1 is 1.24 bits per heavy atom. The summed E-state index contributed by atoms with van der Waals surface area (Å²) in [4.78, 5) is 26.1. The summed E-state index contributed by atoms with van der Waals surface area (Å²) in [5, 5.41) is 18.8. The van der Waals surface area contributed by atoms with E-state index in [-0.39, 0.29) is 18.6 Å². The Hall–Kier alpha value is -3.26. The number of aryl methyl sites for hydroxylation is 1. The number of aromatic nitrogens is 4. The Bertz CT molecular complexity index is 1780. The van der Waals surface area contributed by atoms with Gasteiger partial charge in [0.15, 0.2) is 28.9 Å². The number of hydrogen-bond acceptors (Lipinski definition) is 11. The second-order valence-corrected chi connectivity index (χ2v) is 15.8. The summed E-state index contributed by atoms with van der Waals surface area (Å²) in [6.07, 6.45) is -2.67. The van der Waals surface area contributed by atoms with Crippen LogP contribution in [0.4, 0.5) is 10.2 Å². The third kappa shape index (κ3) is 7.17. The number of ether oxygens (including phenoxy) is 2. The summed E-state index contributed by atoms with van der Waals surface area (Å²) < 4.78 is 41.8. The first kappa shape index (κ1) is 34.1. The molecule has 2 aromatic carbocycles. The molecule has 1 saturated heterocycles. The van der Waals surface area contributed by atoms with Crippen molar-refractivity contribution in [1.29, 1.82) is 0 Å². The average Bonchev–Trinajstić information content (AvgIpc) is 3.51. The largest absolute Gasteiger partial charge is 0.464 e. The number of esters is 1. The highest BCUT2D eigenvalue weighted by Crippen LogP contribution is 2.49. The number of imidazole rings is 1. The molecule has 12 nitrogen and oxygen atoms in total. The van der Waals surface area contributed by atoms with E-state index in [4.69, 9.17) is 30.3 Å². The van der Waals surface area contributed by atoms with Gasteiger partial charge in [-0.25, -0.2) is 24.4 Å². The van der Waals surface area contributed by atoms with Crippen LogP contribution in [0.2, 0.25) is 0 Å². The summed E-state index contributed by atoms with van der Waals surface area (Å²) in [6, 6.07) is 12.2. The maximum absolute atomic E-state index is 16.3. The van der Waals surface area contributed by atoms with E-state index in [0.29, 0.717) is 28.6 Å². The Morgan fingerprint density at radius 3 is 2.67 bits per heavy atom. The van der Waals surface area contributed by atoms with Crippen molar-refractivity contribution in [2.24, 2.45) is 5.41 Å². The van der Waals surface area contributed by atoms with Gasteiger partial charge in [0.2, 0.25) is 0 Å². The number of anilines is 1. The minimum Gasteiger partial charge on any atom is -0.464 e. The van der Waals surface area contributed by atoms with Gasteiger partial charge in [-0.2, -0.15) is 0 Å². The molecule has 1 unspecified atom stereocenters. The fourth-order valence-corrected chi connectivity index (χ4v) is 7.51. The lowest BCUT2D eigenvalue weighted by Crippen LogP contribution is -2.41. The van der Waals surface area contributed by atoms with E-state index >= 15 is 4.39 Å². The zero-order valence-electron chi connectivity index (χ0n) is 26.9. The molecular weight excluding hydrogens is 634 g/mol. The molecule has 248 valence electrons. The van der Waals surface area contributed by atoms with Crippen LogP contribution in [0, 0.1) is 12.3 Å². The van der Waals surface area contributed by atoms with Crippen molar-refractivity contribution < 1.29 is 32.8 Å². The fourth-order valence-electron chi connectivity index (χ4n) is 5.09. The molecule has 0 amide bonds. The van der Waals surface area contributed by atoms with Gasteiger partial charge in [0.05, 0.1) is 19.5 Å². The molecule has 1 aliphatic heterocycles. The summed E-state index contributed by atoms with van der Waals surface area (Å²) in [6.45, 7) is 6.71. The quantitative estimate of drug-likeness (QED) is 0.142. The van der Waals surface area contributed by atoms with Crippen LogP contribution in [-0.4, -0.2) is 74.8 Å². The third-order valence-corrected chi connectivity index (χ3v) is 9.96. The Kier molecular flexibility index (Phi) is 9.70. The van der Waals surface area contributed by atoms with Crippen molar-refractivity contribution >= 4 is 52.2 Å². The molecule has 1 aliphatic rings. The first-order valence-electron chi connectivity index (χ1n) is 14.9. The molecule has 3 heterocycles. The van der Waals surface area contributed by atoms with Gasteiger partial charge in [0.1, 0.15) is 29.8 Å². The van der Waals surface area contributed by atoms with Gasteiger partial charge in [-0.1, -0.05) is 57.2 Å². The van der Waals surface area contributed by atoms with E-state index in [1.165, 1.54) is 17.8 Å². The van der Waals surface area contributed by atoms with Crippen LogP contribution in [0.3, 0.4) is 0 Å². The lowest BCUT2D eigenvalue weighted by Gasteiger charge is -2.29. The lowest BCUT2D eigenvalue weighted by molar-refractivity contribution is -0.148. The number of aliphatic hydroxyl groups excluding tert-OH is 1. The maximum Gasteiger partial charge on any atom is 0.323 e. The van der Waals surface area contributed by atoms with Crippen LogP contribution in [0.15, 0.2) is 48.8 Å². The van der Waals surface area contributed by atoms with Crippen LogP contribution >= 0.6 is 6.64 Å². The highest BCUT2D eigenvalue weighted by molar-refractivity contribution is 8.09. The number of nitrogens with one attached hydrogen (secondary N) is 2. The molecular formula is C31H40FN6O6PS. The molecule has 5 rings (SSSR count). The van der Waals surface area contributed by atoms with Crippen molar-refractivity contribution in [1.82, 2.24) is 24.6 Å². The van der Waals surface area contributed by atoms with Crippen molar-refractivity contribution in [2.45, 2.75) is 71.7 Å². The van der Waals surface area contributed by atoms with Gasteiger partial charge in [-0.05, 0) is 49.4 Å². The van der Waals surface area contributed by atoms with Crippen molar-refractivity contribution in [2.75, 3.05) is 25.6 Å². The number of carbonyl (C=O) groups excluding carboxylic acids is 1. The van der Waals surface area contributed by atoms with Gasteiger partial charge in [0, 0.05) is 12.4 Å². The monoisotopic (exact) mass is 674 g/mol. The predicted molar refractivity (Wildman–Crippen MR) is 177 cm³/mol. The smallest absolute Gasteiger partial charge is 0.323 e. The van der Waals surface area contributed by atoms with E-state index < -0.39 is 42.8 Å². The van der Waals surface area contributed by atoms with Crippen LogP contribution in [0.25, 0.3) is 21.9 Å². The molecule has 3 N–H and O–H groups in total. The summed E-state index contributed by atoms with van der Waals surface area (Å²) in [5.74, 6) is 0.830. The third-order valence-electron chi connectivity index (χ3n) is 7.47. The number of fused-ring (bicyclic) bond motifs is 2. The minimum absolute atomic E-state index is 0.202. The van der Waals surface area contributed by atoms with E-state index in [1.54, 1.807) is 27.0 Å². The SMILES string of the molecule is CNc1nc(C)nc2c1ncn2[C@@H]1O[C@H](COP(=S)(N[C@H](C)C(=O)OCC(C)(C)C)Oc2cccc3ccccc23)[C@@H](O)[C@@]1(C)F. The van der Waals surface area contributed by atoms with Crippen molar-refractivity contribution in [3.8, 4) is 5.75 Å². The molecule has 0 bridgehead atoms. The lowest BCUT2D eigenvalue weighted by atomic mass is 9.98. The predicted octanol–water partition coefficient (Wildman–Crippen LogP) is 5.20. The molecule has 46 heavy (non-hydrogen) atoms. The number of aliphatic hydroxyl groups is 1. The first-order chi connectivity index (χ1) is 21.6. The molecule has 0 aliphatic carbocycles. The topological polar surface area (TPSA) is 142 Å². The van der Waals surface area contributed by atoms with E-state index in [1.807, 2.05) is 57.2 Å². The highest BCUT2D eigenvalue weighted by atomic mass is 32.5. The zero-order chi connectivity index (χ0) is 33.4. The molecule has 15 heteroatoms. The Labute approximate surface area is 272 Å². The van der Waals surface area contributed by atoms with Crippen LogP contribution in [0.5, 0.6) is 5.75 Å². The normalized spacial score (nSPS) is 23.7. The number of halogens is 1. The number of rotatable bonds is 11. The fraction of sp³-hybridized carbons (Fsp3) is 0.484. The molecule has 4 aromatic rings. The van der Waals surface area contributed by atoms with Crippen LogP contribution in [-0.2, 0) is 30.6 Å².